The van der Waals surface area contributed by atoms with E-state index in [-0.39, 0.29) is 6.10 Å². The molecule has 0 bridgehead atoms. The van der Waals surface area contributed by atoms with E-state index in [1.807, 2.05) is 37.4 Å². The van der Waals surface area contributed by atoms with Crippen LogP contribution in [0.15, 0.2) is 95.6 Å². The molecule has 4 aromatic rings. The predicted molar refractivity (Wildman–Crippen MR) is 135 cm³/mol. The van der Waals surface area contributed by atoms with Crippen LogP contribution in [0.1, 0.15) is 18.7 Å². The van der Waals surface area contributed by atoms with E-state index in [0.29, 0.717) is 6.61 Å². The van der Waals surface area contributed by atoms with E-state index >= 15 is 0 Å². The highest BCUT2D eigenvalue weighted by atomic mass is 79.9. The molecule has 0 aliphatic rings. The Bertz CT molecular complexity index is 1140. The maximum Gasteiger partial charge on any atom is 0.105 e. The van der Waals surface area contributed by atoms with Crippen LogP contribution in [0.2, 0.25) is 0 Å². The van der Waals surface area contributed by atoms with E-state index < -0.39 is 6.04 Å². The Morgan fingerprint density at radius 2 is 1.50 bits per heavy atom. The van der Waals surface area contributed by atoms with Gasteiger partial charge in [-0.05, 0) is 35.1 Å². The lowest BCUT2D eigenvalue weighted by molar-refractivity contribution is 0.0773. The highest BCUT2D eigenvalue weighted by molar-refractivity contribution is 9.10. The number of rotatable bonds is 7. The monoisotopic (exact) mass is 495 g/mol. The molecule has 0 amide bonds. The molecule has 0 fully saturated rings. The van der Waals surface area contributed by atoms with Crippen LogP contribution >= 0.6 is 22.0 Å². The molecule has 0 aliphatic heterocycles. The minimum absolute atomic E-state index is 0.181. The van der Waals surface area contributed by atoms with Crippen molar-refractivity contribution in [1.29, 1.82) is 0 Å². The third kappa shape index (κ3) is 4.29. The topological polar surface area (TPSA) is 22.1 Å². The number of halogens is 1. The summed E-state index contributed by atoms with van der Waals surface area (Å²) in [5.41, 5.74) is 0.955. The van der Waals surface area contributed by atoms with Gasteiger partial charge < -0.3 is 4.74 Å². The first-order chi connectivity index (χ1) is 14.6. The quantitative estimate of drug-likeness (QED) is 0.284. The van der Waals surface area contributed by atoms with Gasteiger partial charge in [0.25, 0.3) is 0 Å². The minimum Gasteiger partial charge on any atom is -0.372 e. The largest absolute Gasteiger partial charge is 0.372 e. The average molecular weight is 496 g/mol. The first-order valence-corrected chi connectivity index (χ1v) is 13.8. The predicted octanol–water partition coefficient (Wildman–Crippen LogP) is 6.21. The van der Waals surface area contributed by atoms with Crippen molar-refractivity contribution in [1.82, 2.24) is 4.98 Å². The standard InChI is InChI=1S/C25H23BrNOPS/c1-2-28-24(25-22-14-9-15-23(26)21(22)16-17-27-25)18-29(30,19-10-5-3-6-11-19)20-12-7-4-8-13-20/h3-17,24H,2,18H2,1H3. The Balaban J connectivity index is 1.85. The van der Waals surface area contributed by atoms with E-state index in [1.165, 1.54) is 10.6 Å². The number of aromatic nitrogens is 1. The zero-order valence-electron chi connectivity index (χ0n) is 16.7. The summed E-state index contributed by atoms with van der Waals surface area (Å²) in [6.45, 7) is 2.64. The van der Waals surface area contributed by atoms with Gasteiger partial charge in [-0.15, -0.1) is 0 Å². The third-order valence-electron chi connectivity index (χ3n) is 5.23. The molecular weight excluding hydrogens is 473 g/mol. The maximum absolute atomic E-state index is 6.47. The molecule has 152 valence electrons. The zero-order valence-corrected chi connectivity index (χ0v) is 20.0. The highest BCUT2D eigenvalue weighted by Gasteiger charge is 2.29. The van der Waals surface area contributed by atoms with Gasteiger partial charge in [0.2, 0.25) is 0 Å². The Kier molecular flexibility index (Phi) is 6.80. The molecule has 4 rings (SSSR count). The van der Waals surface area contributed by atoms with Crippen LogP contribution in [-0.2, 0) is 16.5 Å². The van der Waals surface area contributed by atoms with E-state index in [1.54, 1.807) is 0 Å². The molecule has 3 aromatic carbocycles. The number of fused-ring (bicyclic) bond motifs is 1. The number of pyridine rings is 1. The van der Waals surface area contributed by atoms with Crippen molar-refractivity contribution in [3.05, 3.63) is 101 Å². The van der Waals surface area contributed by atoms with Gasteiger partial charge in [0.15, 0.2) is 0 Å². The van der Waals surface area contributed by atoms with Crippen LogP contribution in [0.4, 0.5) is 0 Å². The fourth-order valence-electron chi connectivity index (χ4n) is 3.80. The number of ether oxygens (including phenoxy) is 1. The summed E-state index contributed by atoms with van der Waals surface area (Å²) in [5, 5.41) is 4.66. The molecule has 5 heteroatoms. The summed E-state index contributed by atoms with van der Waals surface area (Å²) in [7, 11) is 0. The van der Waals surface area contributed by atoms with E-state index in [0.717, 1.165) is 27.1 Å². The molecule has 1 heterocycles. The second-order valence-corrected chi connectivity index (χ2v) is 12.7. The van der Waals surface area contributed by atoms with Crippen LogP contribution in [0.5, 0.6) is 0 Å². The zero-order chi connectivity index (χ0) is 21.0. The van der Waals surface area contributed by atoms with Gasteiger partial charge in [0, 0.05) is 34.9 Å². The molecule has 1 atom stereocenters. The molecule has 0 aliphatic carbocycles. The van der Waals surface area contributed by atoms with Crippen molar-refractivity contribution in [3.8, 4) is 0 Å². The average Bonchev–Trinajstić information content (AvgIpc) is 2.80. The lowest BCUT2D eigenvalue weighted by atomic mass is 10.1. The van der Waals surface area contributed by atoms with Crippen LogP contribution in [-0.4, -0.2) is 17.8 Å². The van der Waals surface area contributed by atoms with Crippen LogP contribution < -0.4 is 10.6 Å². The Labute approximate surface area is 191 Å². The lowest BCUT2D eigenvalue weighted by Gasteiger charge is -2.28. The fraction of sp³-hybridized carbons (Fsp3) is 0.160. The van der Waals surface area contributed by atoms with Crippen molar-refractivity contribution >= 4 is 55.2 Å². The van der Waals surface area contributed by atoms with Gasteiger partial charge in [0.1, 0.15) is 6.10 Å². The Morgan fingerprint density at radius 3 is 2.10 bits per heavy atom. The van der Waals surface area contributed by atoms with Crippen LogP contribution in [0.3, 0.4) is 0 Å². The van der Waals surface area contributed by atoms with Crippen LogP contribution in [0.25, 0.3) is 10.8 Å². The van der Waals surface area contributed by atoms with Gasteiger partial charge >= 0.3 is 0 Å². The summed E-state index contributed by atoms with van der Waals surface area (Å²) in [6.07, 6.45) is 2.41. The van der Waals surface area contributed by atoms with Crippen molar-refractivity contribution in [2.75, 3.05) is 12.8 Å². The normalized spacial score (nSPS) is 12.7. The molecule has 0 spiro atoms. The summed E-state index contributed by atoms with van der Waals surface area (Å²) < 4.78 is 7.36. The van der Waals surface area contributed by atoms with Gasteiger partial charge in [0.05, 0.1) is 5.69 Å². The van der Waals surface area contributed by atoms with Crippen molar-refractivity contribution in [3.63, 3.8) is 0 Å². The SMILES string of the molecule is CCOC(CP(=S)(c1ccccc1)c1ccccc1)c1nccc2c(Br)cccc12. The summed E-state index contributed by atoms with van der Waals surface area (Å²) in [4.78, 5) is 4.76. The first kappa shape index (κ1) is 21.4. The first-order valence-electron chi connectivity index (χ1n) is 9.98. The molecule has 0 saturated carbocycles. The van der Waals surface area contributed by atoms with Gasteiger partial charge in [-0.1, -0.05) is 101 Å². The molecule has 0 radical (unpaired) electrons. The van der Waals surface area contributed by atoms with Gasteiger partial charge in [-0.3, -0.25) is 4.98 Å². The molecule has 0 saturated heterocycles. The molecule has 1 unspecified atom stereocenters. The van der Waals surface area contributed by atoms with E-state index in [2.05, 4.69) is 76.6 Å². The lowest BCUT2D eigenvalue weighted by Crippen LogP contribution is -2.23. The Morgan fingerprint density at radius 1 is 0.867 bits per heavy atom. The Hall–Kier alpha value is -1.84. The van der Waals surface area contributed by atoms with Crippen molar-refractivity contribution < 1.29 is 4.74 Å². The number of hydrogen-bond acceptors (Lipinski definition) is 3. The smallest absolute Gasteiger partial charge is 0.105 e. The fourth-order valence-corrected chi connectivity index (χ4v) is 8.21. The maximum atomic E-state index is 6.47. The van der Waals surface area contributed by atoms with Crippen LogP contribution in [0, 0.1) is 0 Å². The summed E-state index contributed by atoms with van der Waals surface area (Å²) in [6, 6.07) is 27.1. The van der Waals surface area contributed by atoms with Crippen molar-refractivity contribution in [2.24, 2.45) is 0 Å². The van der Waals surface area contributed by atoms with Gasteiger partial charge in [-0.2, -0.15) is 0 Å². The molecular formula is C25H23BrNOPS. The van der Waals surface area contributed by atoms with Crippen molar-refractivity contribution in [2.45, 2.75) is 13.0 Å². The second kappa shape index (κ2) is 9.53. The van der Waals surface area contributed by atoms with E-state index in [4.69, 9.17) is 21.5 Å². The number of benzene rings is 3. The minimum atomic E-state index is -2.11. The van der Waals surface area contributed by atoms with Gasteiger partial charge in [-0.25, -0.2) is 0 Å². The highest BCUT2D eigenvalue weighted by Crippen LogP contribution is 2.48. The number of hydrogen-bond donors (Lipinski definition) is 0. The summed E-state index contributed by atoms with van der Waals surface area (Å²) in [5.74, 6) is 0. The summed E-state index contributed by atoms with van der Waals surface area (Å²) >= 11 is 10.1. The second-order valence-electron chi connectivity index (χ2n) is 7.07. The number of nitrogens with zero attached hydrogens (tertiary/aromatic N) is 1. The molecule has 2 nitrogen and oxygen atoms in total. The molecule has 0 N–H and O–H groups in total. The molecule has 1 aromatic heterocycles. The van der Waals surface area contributed by atoms with E-state index in [9.17, 15) is 0 Å². The third-order valence-corrected chi connectivity index (χ3v) is 10.7. The molecule has 30 heavy (non-hydrogen) atoms.